The van der Waals surface area contributed by atoms with Gasteiger partial charge in [0.15, 0.2) is 0 Å². The van der Waals surface area contributed by atoms with Gasteiger partial charge < -0.3 is 9.80 Å². The second kappa shape index (κ2) is 9.28. The molecule has 0 radical (unpaired) electrons. The van der Waals surface area contributed by atoms with Crippen molar-refractivity contribution in [3.63, 3.8) is 0 Å². The van der Waals surface area contributed by atoms with Crippen LogP contribution < -0.4 is 0 Å². The Balaban J connectivity index is 1.49. The van der Waals surface area contributed by atoms with Gasteiger partial charge in [0.25, 0.3) is 5.91 Å². The molecule has 1 fully saturated rings. The molecule has 3 nitrogen and oxygen atoms in total. The van der Waals surface area contributed by atoms with Gasteiger partial charge in [0.2, 0.25) is 0 Å². The standard InChI is InChI=1S/C21H24BrFN2O/c22-19-10-9-18(16-20(19)23)21(26)25-13-5-12-24(14-15-25)11-4-8-17-6-2-1-3-7-17/h1-3,6-7,9-10,16H,4-5,8,11-15H2. The van der Waals surface area contributed by atoms with Gasteiger partial charge in [-0.25, -0.2) is 4.39 Å². The molecule has 0 unspecified atom stereocenters. The SMILES string of the molecule is O=C(c1ccc(Br)c(F)c1)N1CCCN(CCCc2ccccc2)CC1. The molecule has 5 heteroatoms. The van der Waals surface area contributed by atoms with Gasteiger partial charge in [0.1, 0.15) is 5.82 Å². The lowest BCUT2D eigenvalue weighted by Crippen LogP contribution is -2.35. The first-order valence-corrected chi connectivity index (χ1v) is 9.93. The molecular formula is C21H24BrFN2O. The van der Waals surface area contributed by atoms with Gasteiger partial charge >= 0.3 is 0 Å². The molecule has 0 saturated carbocycles. The van der Waals surface area contributed by atoms with Crippen LogP contribution in [0.1, 0.15) is 28.8 Å². The van der Waals surface area contributed by atoms with E-state index < -0.39 is 5.82 Å². The van der Waals surface area contributed by atoms with Gasteiger partial charge in [-0.3, -0.25) is 4.79 Å². The van der Waals surface area contributed by atoms with Crippen LogP contribution in [0.5, 0.6) is 0 Å². The molecule has 0 aliphatic carbocycles. The Labute approximate surface area is 162 Å². The van der Waals surface area contributed by atoms with E-state index in [2.05, 4.69) is 45.1 Å². The van der Waals surface area contributed by atoms with Gasteiger partial charge in [0, 0.05) is 25.2 Å². The number of hydrogen-bond acceptors (Lipinski definition) is 2. The molecule has 0 bridgehead atoms. The summed E-state index contributed by atoms with van der Waals surface area (Å²) in [5.41, 5.74) is 1.79. The van der Waals surface area contributed by atoms with Crippen LogP contribution in [0.25, 0.3) is 0 Å². The Morgan fingerprint density at radius 2 is 1.85 bits per heavy atom. The quantitative estimate of drug-likeness (QED) is 0.719. The van der Waals surface area contributed by atoms with E-state index in [-0.39, 0.29) is 5.91 Å². The molecule has 26 heavy (non-hydrogen) atoms. The monoisotopic (exact) mass is 418 g/mol. The fourth-order valence-corrected chi connectivity index (χ4v) is 3.61. The van der Waals surface area contributed by atoms with E-state index in [1.165, 1.54) is 11.6 Å². The summed E-state index contributed by atoms with van der Waals surface area (Å²) in [5.74, 6) is -0.476. The Kier molecular flexibility index (Phi) is 6.80. The third kappa shape index (κ3) is 5.15. The first-order chi connectivity index (χ1) is 12.6. The summed E-state index contributed by atoms with van der Waals surface area (Å²) >= 11 is 3.13. The number of amides is 1. The summed E-state index contributed by atoms with van der Waals surface area (Å²) in [6.45, 7) is 4.35. The average Bonchev–Trinajstić information content (AvgIpc) is 2.90. The number of carbonyl (C=O) groups is 1. The Morgan fingerprint density at radius 3 is 2.62 bits per heavy atom. The summed E-state index contributed by atoms with van der Waals surface area (Å²) in [4.78, 5) is 16.9. The first kappa shape index (κ1) is 19.1. The largest absolute Gasteiger partial charge is 0.337 e. The normalized spacial score (nSPS) is 15.7. The number of rotatable bonds is 5. The maximum atomic E-state index is 13.7. The van der Waals surface area contributed by atoms with Crippen LogP contribution in [0.4, 0.5) is 4.39 Å². The second-order valence-electron chi connectivity index (χ2n) is 6.71. The fourth-order valence-electron chi connectivity index (χ4n) is 3.36. The molecule has 138 valence electrons. The van der Waals surface area contributed by atoms with Crippen molar-refractivity contribution < 1.29 is 9.18 Å². The third-order valence-electron chi connectivity index (χ3n) is 4.82. The van der Waals surface area contributed by atoms with E-state index in [4.69, 9.17) is 0 Å². The minimum absolute atomic E-state index is 0.0810. The number of hydrogen-bond donors (Lipinski definition) is 0. The number of halogens is 2. The third-order valence-corrected chi connectivity index (χ3v) is 5.47. The Morgan fingerprint density at radius 1 is 1.04 bits per heavy atom. The van der Waals surface area contributed by atoms with Gasteiger partial charge in [-0.2, -0.15) is 0 Å². The molecule has 2 aromatic carbocycles. The lowest BCUT2D eigenvalue weighted by Gasteiger charge is -2.22. The van der Waals surface area contributed by atoms with Gasteiger partial charge in [-0.15, -0.1) is 0 Å². The highest BCUT2D eigenvalue weighted by molar-refractivity contribution is 9.10. The highest BCUT2D eigenvalue weighted by atomic mass is 79.9. The van der Waals surface area contributed by atoms with Crippen LogP contribution >= 0.6 is 15.9 Å². The van der Waals surface area contributed by atoms with Crippen LogP contribution in [-0.4, -0.2) is 48.4 Å². The van der Waals surface area contributed by atoms with Crippen molar-refractivity contribution in [2.45, 2.75) is 19.3 Å². The summed E-state index contributed by atoms with van der Waals surface area (Å²) < 4.78 is 14.1. The van der Waals surface area contributed by atoms with Crippen LogP contribution in [0.3, 0.4) is 0 Å². The second-order valence-corrected chi connectivity index (χ2v) is 7.56. The summed E-state index contributed by atoms with van der Waals surface area (Å²) in [5, 5.41) is 0. The number of carbonyl (C=O) groups excluding carboxylic acids is 1. The van der Waals surface area contributed by atoms with E-state index in [0.29, 0.717) is 16.6 Å². The fraction of sp³-hybridized carbons (Fsp3) is 0.381. The van der Waals surface area contributed by atoms with E-state index in [1.807, 2.05) is 11.0 Å². The maximum absolute atomic E-state index is 13.7. The molecule has 1 amide bonds. The van der Waals surface area contributed by atoms with Gasteiger partial charge in [0.05, 0.1) is 4.47 Å². The van der Waals surface area contributed by atoms with Crippen molar-refractivity contribution in [2.75, 3.05) is 32.7 Å². The zero-order valence-electron chi connectivity index (χ0n) is 14.8. The Hall–Kier alpha value is -1.72. The smallest absolute Gasteiger partial charge is 0.254 e. The molecule has 0 atom stereocenters. The number of aryl methyl sites for hydroxylation is 1. The van der Waals surface area contributed by atoms with E-state index in [1.54, 1.807) is 12.1 Å². The van der Waals surface area contributed by atoms with Crippen molar-refractivity contribution in [3.8, 4) is 0 Å². The first-order valence-electron chi connectivity index (χ1n) is 9.14. The van der Waals surface area contributed by atoms with Crippen molar-refractivity contribution in [1.82, 2.24) is 9.80 Å². The van der Waals surface area contributed by atoms with E-state index in [9.17, 15) is 9.18 Å². The molecule has 0 aromatic heterocycles. The Bertz CT molecular complexity index is 738. The summed E-state index contributed by atoms with van der Waals surface area (Å²) in [7, 11) is 0. The van der Waals surface area contributed by atoms with Crippen LogP contribution in [-0.2, 0) is 6.42 Å². The number of nitrogens with zero attached hydrogens (tertiary/aromatic N) is 2. The van der Waals surface area contributed by atoms with E-state index in [0.717, 1.165) is 45.4 Å². The van der Waals surface area contributed by atoms with Crippen molar-refractivity contribution in [2.24, 2.45) is 0 Å². The van der Waals surface area contributed by atoms with E-state index >= 15 is 0 Å². The highest BCUT2D eigenvalue weighted by Gasteiger charge is 2.20. The predicted molar refractivity (Wildman–Crippen MR) is 106 cm³/mol. The molecular weight excluding hydrogens is 395 g/mol. The zero-order valence-corrected chi connectivity index (χ0v) is 16.4. The van der Waals surface area contributed by atoms with Crippen molar-refractivity contribution in [1.29, 1.82) is 0 Å². The topological polar surface area (TPSA) is 23.6 Å². The number of benzene rings is 2. The van der Waals surface area contributed by atoms with Gasteiger partial charge in [-0.05, 0) is 72.0 Å². The zero-order chi connectivity index (χ0) is 18.4. The molecule has 0 N–H and O–H groups in total. The minimum Gasteiger partial charge on any atom is -0.337 e. The molecule has 1 aliphatic rings. The maximum Gasteiger partial charge on any atom is 0.254 e. The van der Waals surface area contributed by atoms with Gasteiger partial charge in [-0.1, -0.05) is 30.3 Å². The molecule has 3 rings (SSSR count). The molecule has 0 spiro atoms. The lowest BCUT2D eigenvalue weighted by molar-refractivity contribution is 0.0761. The molecule has 1 heterocycles. The van der Waals surface area contributed by atoms with Crippen molar-refractivity contribution >= 4 is 21.8 Å². The van der Waals surface area contributed by atoms with Crippen LogP contribution in [0, 0.1) is 5.82 Å². The highest BCUT2D eigenvalue weighted by Crippen LogP contribution is 2.18. The summed E-state index contributed by atoms with van der Waals surface area (Å²) in [6.07, 6.45) is 3.16. The lowest BCUT2D eigenvalue weighted by atomic mass is 10.1. The molecule has 1 aliphatic heterocycles. The van der Waals surface area contributed by atoms with Crippen LogP contribution in [0.2, 0.25) is 0 Å². The molecule has 1 saturated heterocycles. The predicted octanol–water partition coefficient (Wildman–Crippen LogP) is 4.37. The van der Waals surface area contributed by atoms with Crippen LogP contribution in [0.15, 0.2) is 53.0 Å². The minimum atomic E-state index is -0.395. The molecule has 2 aromatic rings. The average molecular weight is 419 g/mol. The summed E-state index contributed by atoms with van der Waals surface area (Å²) in [6, 6.07) is 15.1. The van der Waals surface area contributed by atoms with Crippen molar-refractivity contribution in [3.05, 3.63) is 69.9 Å².